The highest BCUT2D eigenvalue weighted by Crippen LogP contribution is 2.29. The lowest BCUT2D eigenvalue weighted by molar-refractivity contribution is -0.137. The normalized spacial score (nSPS) is 23.8. The van der Waals surface area contributed by atoms with E-state index in [9.17, 15) is 13.2 Å². The van der Waals surface area contributed by atoms with Crippen LogP contribution in [0.5, 0.6) is 0 Å². The van der Waals surface area contributed by atoms with Gasteiger partial charge in [0.15, 0.2) is 0 Å². The summed E-state index contributed by atoms with van der Waals surface area (Å²) in [5.41, 5.74) is 0.259. The van der Waals surface area contributed by atoms with E-state index in [-0.39, 0.29) is 5.38 Å². The maximum absolute atomic E-state index is 12.4. The van der Waals surface area contributed by atoms with Gasteiger partial charge in [-0.2, -0.15) is 13.2 Å². The van der Waals surface area contributed by atoms with Crippen molar-refractivity contribution >= 4 is 11.6 Å². The minimum atomic E-state index is -4.26. The van der Waals surface area contributed by atoms with Gasteiger partial charge in [0.2, 0.25) is 0 Å². The van der Waals surface area contributed by atoms with Gasteiger partial charge in [-0.05, 0) is 43.0 Å². The van der Waals surface area contributed by atoms with E-state index in [4.69, 9.17) is 11.6 Å². The molecule has 0 bridgehead atoms. The van der Waals surface area contributed by atoms with Gasteiger partial charge < -0.3 is 5.32 Å². The second-order valence-electron chi connectivity index (χ2n) is 5.39. The van der Waals surface area contributed by atoms with Crippen molar-refractivity contribution in [3.05, 3.63) is 35.4 Å². The Morgan fingerprint density at radius 3 is 2.35 bits per heavy atom. The minimum Gasteiger partial charge on any atom is -0.312 e. The van der Waals surface area contributed by atoms with Crippen LogP contribution in [-0.2, 0) is 12.7 Å². The highest BCUT2D eigenvalue weighted by molar-refractivity contribution is 6.20. The Hall–Kier alpha value is -0.740. The van der Waals surface area contributed by atoms with Crippen molar-refractivity contribution < 1.29 is 13.2 Å². The van der Waals surface area contributed by atoms with E-state index in [0.717, 1.165) is 37.1 Å². The predicted octanol–water partition coefficient (Wildman–Crippen LogP) is 4.59. The first-order chi connectivity index (χ1) is 9.47. The monoisotopic (exact) mass is 305 g/mol. The number of halogens is 4. The molecular weight excluding hydrogens is 287 g/mol. The van der Waals surface area contributed by atoms with Crippen molar-refractivity contribution in [2.24, 2.45) is 5.92 Å². The lowest BCUT2D eigenvalue weighted by atomic mass is 9.89. The van der Waals surface area contributed by atoms with Gasteiger partial charge in [0.25, 0.3) is 0 Å². The molecule has 1 aliphatic carbocycles. The van der Waals surface area contributed by atoms with Gasteiger partial charge in [0, 0.05) is 11.9 Å². The summed E-state index contributed by atoms with van der Waals surface area (Å²) in [4.78, 5) is 0. The standard InChI is InChI=1S/C15H19ClF3N/c16-14-4-2-1-3-12(14)10-20-9-11-5-7-13(8-6-11)15(17,18)19/h5-8,12,14,20H,1-4,9-10H2. The zero-order valence-electron chi connectivity index (χ0n) is 11.2. The van der Waals surface area contributed by atoms with Crippen LogP contribution in [0.4, 0.5) is 13.2 Å². The summed E-state index contributed by atoms with van der Waals surface area (Å²) >= 11 is 6.27. The van der Waals surface area contributed by atoms with E-state index in [1.165, 1.54) is 25.0 Å². The van der Waals surface area contributed by atoms with Crippen molar-refractivity contribution in [1.82, 2.24) is 5.32 Å². The zero-order chi connectivity index (χ0) is 14.6. The Morgan fingerprint density at radius 2 is 1.75 bits per heavy atom. The quantitative estimate of drug-likeness (QED) is 0.802. The summed E-state index contributed by atoms with van der Waals surface area (Å²) in [6, 6.07) is 5.30. The van der Waals surface area contributed by atoms with Crippen LogP contribution in [0.3, 0.4) is 0 Å². The number of hydrogen-bond donors (Lipinski definition) is 1. The summed E-state index contributed by atoms with van der Waals surface area (Å²) in [6.45, 7) is 1.41. The van der Waals surface area contributed by atoms with Crippen LogP contribution < -0.4 is 5.32 Å². The summed E-state index contributed by atoms with van der Waals surface area (Å²) in [7, 11) is 0. The smallest absolute Gasteiger partial charge is 0.312 e. The fourth-order valence-corrected chi connectivity index (χ4v) is 2.98. The Labute approximate surface area is 122 Å². The van der Waals surface area contributed by atoms with Crippen LogP contribution in [0.1, 0.15) is 36.8 Å². The van der Waals surface area contributed by atoms with E-state index < -0.39 is 11.7 Å². The molecule has 1 aromatic carbocycles. The van der Waals surface area contributed by atoms with Gasteiger partial charge in [-0.25, -0.2) is 0 Å². The molecule has 0 saturated heterocycles. The molecule has 0 aromatic heterocycles. The third-order valence-electron chi connectivity index (χ3n) is 3.83. The molecule has 1 saturated carbocycles. The van der Waals surface area contributed by atoms with Gasteiger partial charge >= 0.3 is 6.18 Å². The number of nitrogens with one attached hydrogen (secondary N) is 1. The Morgan fingerprint density at radius 1 is 1.10 bits per heavy atom. The fourth-order valence-electron chi connectivity index (χ4n) is 2.61. The van der Waals surface area contributed by atoms with Gasteiger partial charge in [0.05, 0.1) is 5.56 Å². The second-order valence-corrected chi connectivity index (χ2v) is 5.95. The van der Waals surface area contributed by atoms with Gasteiger partial charge in [0.1, 0.15) is 0 Å². The second kappa shape index (κ2) is 6.81. The van der Waals surface area contributed by atoms with Crippen LogP contribution >= 0.6 is 11.6 Å². The molecule has 1 N–H and O–H groups in total. The Balaban J connectivity index is 1.79. The third-order valence-corrected chi connectivity index (χ3v) is 4.41. The van der Waals surface area contributed by atoms with E-state index in [2.05, 4.69) is 5.32 Å². The lowest BCUT2D eigenvalue weighted by Gasteiger charge is -2.27. The molecule has 0 radical (unpaired) electrons. The molecule has 112 valence electrons. The molecule has 2 atom stereocenters. The number of hydrogen-bond acceptors (Lipinski definition) is 1. The first-order valence-electron chi connectivity index (χ1n) is 6.98. The van der Waals surface area contributed by atoms with Crippen LogP contribution in [-0.4, -0.2) is 11.9 Å². The maximum Gasteiger partial charge on any atom is 0.416 e. The molecule has 5 heteroatoms. The molecule has 2 rings (SSSR count). The molecule has 1 aliphatic rings. The summed E-state index contributed by atoms with van der Waals surface area (Å²) in [5.74, 6) is 0.472. The summed E-state index contributed by atoms with van der Waals surface area (Å²) in [5, 5.41) is 3.52. The first kappa shape index (κ1) is 15.6. The maximum atomic E-state index is 12.4. The van der Waals surface area contributed by atoms with E-state index in [1.54, 1.807) is 0 Å². The molecule has 1 aromatic rings. The molecule has 20 heavy (non-hydrogen) atoms. The van der Waals surface area contributed by atoms with Crippen molar-refractivity contribution in [2.75, 3.05) is 6.54 Å². The highest BCUT2D eigenvalue weighted by Gasteiger charge is 2.29. The SMILES string of the molecule is FC(F)(F)c1ccc(CNCC2CCCCC2Cl)cc1. The van der Waals surface area contributed by atoms with E-state index in [0.29, 0.717) is 12.5 Å². The van der Waals surface area contributed by atoms with Crippen LogP contribution in [0, 0.1) is 5.92 Å². The topological polar surface area (TPSA) is 12.0 Å². The Kier molecular flexibility index (Phi) is 5.33. The molecule has 0 amide bonds. The van der Waals surface area contributed by atoms with Gasteiger partial charge in [-0.3, -0.25) is 0 Å². The number of rotatable bonds is 4. The van der Waals surface area contributed by atoms with E-state index >= 15 is 0 Å². The van der Waals surface area contributed by atoms with Crippen LogP contribution in [0.15, 0.2) is 24.3 Å². The highest BCUT2D eigenvalue weighted by atomic mass is 35.5. The van der Waals surface area contributed by atoms with Crippen LogP contribution in [0.25, 0.3) is 0 Å². The fraction of sp³-hybridized carbons (Fsp3) is 0.600. The number of benzene rings is 1. The molecular formula is C15H19ClF3N. The number of alkyl halides is 4. The average molecular weight is 306 g/mol. The zero-order valence-corrected chi connectivity index (χ0v) is 12.0. The van der Waals surface area contributed by atoms with Crippen LogP contribution in [0.2, 0.25) is 0 Å². The van der Waals surface area contributed by atoms with Gasteiger partial charge in [-0.15, -0.1) is 11.6 Å². The van der Waals surface area contributed by atoms with E-state index in [1.807, 2.05) is 0 Å². The third kappa shape index (κ3) is 4.38. The van der Waals surface area contributed by atoms with Crippen molar-refractivity contribution in [1.29, 1.82) is 0 Å². The minimum absolute atomic E-state index is 0.226. The predicted molar refractivity (Wildman–Crippen MR) is 74.7 cm³/mol. The van der Waals surface area contributed by atoms with Gasteiger partial charge in [-0.1, -0.05) is 25.0 Å². The van der Waals surface area contributed by atoms with Crippen molar-refractivity contribution in [3.8, 4) is 0 Å². The molecule has 2 unspecified atom stereocenters. The molecule has 1 nitrogen and oxygen atoms in total. The Bertz CT molecular complexity index is 416. The summed E-state index contributed by atoms with van der Waals surface area (Å²) < 4.78 is 37.3. The lowest BCUT2D eigenvalue weighted by Crippen LogP contribution is -2.30. The first-order valence-corrected chi connectivity index (χ1v) is 7.41. The molecule has 0 aliphatic heterocycles. The molecule has 0 heterocycles. The van der Waals surface area contributed by atoms with Crippen molar-refractivity contribution in [3.63, 3.8) is 0 Å². The summed E-state index contributed by atoms with van der Waals surface area (Å²) in [6.07, 6.45) is 0.349. The molecule has 0 spiro atoms. The largest absolute Gasteiger partial charge is 0.416 e. The average Bonchev–Trinajstić information content (AvgIpc) is 2.40. The van der Waals surface area contributed by atoms with Crippen molar-refractivity contribution in [2.45, 2.75) is 43.8 Å². The molecule has 1 fully saturated rings.